The van der Waals surface area contributed by atoms with E-state index in [9.17, 15) is 4.79 Å². The zero-order chi connectivity index (χ0) is 10.1. The van der Waals surface area contributed by atoms with Gasteiger partial charge in [0.2, 0.25) is 5.91 Å². The third-order valence-corrected chi connectivity index (χ3v) is 2.37. The number of alkyl halides is 1. The number of hydrogen-bond donors (Lipinski definition) is 1. The van der Waals surface area contributed by atoms with Crippen molar-refractivity contribution in [3.05, 3.63) is 0 Å². The summed E-state index contributed by atoms with van der Waals surface area (Å²) in [4.78, 5) is 13.2. The van der Waals surface area contributed by atoms with E-state index in [1.54, 1.807) is 0 Å². The molecule has 1 N–H and O–H groups in total. The molecule has 0 rings (SSSR count). The van der Waals surface area contributed by atoms with E-state index < -0.39 is 0 Å². The van der Waals surface area contributed by atoms with Crippen LogP contribution in [0.4, 0.5) is 0 Å². The van der Waals surface area contributed by atoms with Crippen molar-refractivity contribution < 1.29 is 4.79 Å². The van der Waals surface area contributed by atoms with Gasteiger partial charge in [0, 0.05) is 13.1 Å². The quantitative estimate of drug-likeness (QED) is 0.690. The van der Waals surface area contributed by atoms with Crippen LogP contribution in [0.25, 0.3) is 0 Å². The molecule has 0 aromatic rings. The van der Waals surface area contributed by atoms with E-state index in [1.165, 1.54) is 6.42 Å². The average Bonchev–Trinajstić information content (AvgIpc) is 2.16. The van der Waals surface area contributed by atoms with Crippen LogP contribution in [0.3, 0.4) is 0 Å². The molecule has 0 aliphatic heterocycles. The summed E-state index contributed by atoms with van der Waals surface area (Å²) in [7, 11) is 0. The first kappa shape index (κ1) is 12.9. The highest BCUT2D eigenvalue weighted by atomic mass is 79.9. The van der Waals surface area contributed by atoms with E-state index in [0.717, 1.165) is 26.2 Å². The first-order valence-corrected chi connectivity index (χ1v) is 5.91. The van der Waals surface area contributed by atoms with Crippen LogP contribution in [0.2, 0.25) is 0 Å². The Morgan fingerprint density at radius 1 is 1.38 bits per heavy atom. The molecule has 3 nitrogen and oxygen atoms in total. The summed E-state index contributed by atoms with van der Waals surface area (Å²) in [6.45, 7) is 8.17. The van der Waals surface area contributed by atoms with Crippen molar-refractivity contribution in [2.75, 3.05) is 31.5 Å². The lowest BCUT2D eigenvalue weighted by molar-refractivity contribution is -0.118. The van der Waals surface area contributed by atoms with Gasteiger partial charge in [-0.15, -0.1) is 0 Å². The summed E-state index contributed by atoms with van der Waals surface area (Å²) in [6.07, 6.45) is 1.17. The molecular formula is C9H19BrN2O. The monoisotopic (exact) mass is 250 g/mol. The van der Waals surface area contributed by atoms with Crippen molar-refractivity contribution in [2.45, 2.75) is 20.3 Å². The molecule has 0 saturated carbocycles. The van der Waals surface area contributed by atoms with Gasteiger partial charge in [0.1, 0.15) is 0 Å². The summed E-state index contributed by atoms with van der Waals surface area (Å²) in [5, 5.41) is 3.22. The fourth-order valence-electron chi connectivity index (χ4n) is 1.14. The van der Waals surface area contributed by atoms with Gasteiger partial charge in [0.05, 0.1) is 5.33 Å². The van der Waals surface area contributed by atoms with E-state index >= 15 is 0 Å². The van der Waals surface area contributed by atoms with Gasteiger partial charge in [0.25, 0.3) is 0 Å². The smallest absolute Gasteiger partial charge is 0.230 e. The standard InChI is InChI=1S/C9H19BrN2O/c1-3-6-12(4-2)7-5-11-9(13)8-10/h3-8H2,1-2H3,(H,11,13). The second-order valence-electron chi connectivity index (χ2n) is 2.92. The van der Waals surface area contributed by atoms with Crippen LogP contribution in [0.15, 0.2) is 0 Å². The Labute approximate surface area is 89.0 Å². The molecule has 13 heavy (non-hydrogen) atoms. The molecule has 0 aliphatic carbocycles. The molecule has 0 aromatic carbocycles. The van der Waals surface area contributed by atoms with Gasteiger partial charge in [0.15, 0.2) is 0 Å². The molecule has 0 saturated heterocycles. The highest BCUT2D eigenvalue weighted by Gasteiger charge is 2.01. The van der Waals surface area contributed by atoms with Crippen LogP contribution in [-0.2, 0) is 4.79 Å². The van der Waals surface area contributed by atoms with Gasteiger partial charge in [-0.05, 0) is 19.5 Å². The Bertz CT molecular complexity index is 142. The van der Waals surface area contributed by atoms with Crippen LogP contribution in [-0.4, -0.2) is 42.3 Å². The summed E-state index contributed by atoms with van der Waals surface area (Å²) in [5.74, 6) is 0.0625. The highest BCUT2D eigenvalue weighted by Crippen LogP contribution is 1.89. The van der Waals surface area contributed by atoms with E-state index in [0.29, 0.717) is 5.33 Å². The fourth-order valence-corrected chi connectivity index (χ4v) is 1.34. The molecule has 0 aliphatic rings. The van der Waals surface area contributed by atoms with Crippen molar-refractivity contribution in [1.82, 2.24) is 10.2 Å². The lowest BCUT2D eigenvalue weighted by Crippen LogP contribution is -2.35. The predicted molar refractivity (Wildman–Crippen MR) is 59.2 cm³/mol. The van der Waals surface area contributed by atoms with Crippen molar-refractivity contribution >= 4 is 21.8 Å². The van der Waals surface area contributed by atoms with Crippen LogP contribution in [0.5, 0.6) is 0 Å². The number of rotatable bonds is 7. The van der Waals surface area contributed by atoms with Crippen molar-refractivity contribution in [1.29, 1.82) is 0 Å². The third-order valence-electron chi connectivity index (χ3n) is 1.86. The number of hydrogen-bond acceptors (Lipinski definition) is 2. The van der Waals surface area contributed by atoms with E-state index in [4.69, 9.17) is 0 Å². The van der Waals surface area contributed by atoms with Gasteiger partial charge in [-0.25, -0.2) is 0 Å². The zero-order valence-corrected chi connectivity index (χ0v) is 10.1. The zero-order valence-electron chi connectivity index (χ0n) is 8.48. The maximum absolute atomic E-state index is 10.9. The molecular weight excluding hydrogens is 232 g/mol. The summed E-state index contributed by atoms with van der Waals surface area (Å²) in [6, 6.07) is 0. The summed E-state index contributed by atoms with van der Waals surface area (Å²) >= 11 is 3.10. The topological polar surface area (TPSA) is 32.3 Å². The van der Waals surface area contributed by atoms with E-state index in [1.807, 2.05) is 0 Å². The second kappa shape index (κ2) is 8.51. The molecule has 0 fully saturated rings. The normalized spacial score (nSPS) is 10.5. The fraction of sp³-hybridized carbons (Fsp3) is 0.889. The molecule has 0 atom stereocenters. The summed E-state index contributed by atoms with van der Waals surface area (Å²) in [5.41, 5.74) is 0. The Kier molecular flexibility index (Phi) is 8.45. The number of carbonyl (C=O) groups excluding carboxylic acids is 1. The van der Waals surface area contributed by atoms with E-state index in [-0.39, 0.29) is 5.91 Å². The average molecular weight is 251 g/mol. The minimum absolute atomic E-state index is 0.0625. The number of carbonyl (C=O) groups is 1. The van der Waals surface area contributed by atoms with Crippen molar-refractivity contribution in [3.8, 4) is 0 Å². The lowest BCUT2D eigenvalue weighted by Gasteiger charge is -2.19. The van der Waals surface area contributed by atoms with Gasteiger partial charge in [-0.1, -0.05) is 29.8 Å². The molecule has 0 bridgehead atoms. The van der Waals surface area contributed by atoms with E-state index in [2.05, 4.69) is 40.0 Å². The SMILES string of the molecule is CCCN(CC)CCNC(=O)CBr. The molecule has 0 aromatic heterocycles. The number of nitrogens with zero attached hydrogens (tertiary/aromatic N) is 1. The molecule has 78 valence electrons. The number of halogens is 1. The first-order valence-electron chi connectivity index (χ1n) is 4.79. The molecule has 0 heterocycles. The molecule has 0 spiro atoms. The second-order valence-corrected chi connectivity index (χ2v) is 3.48. The van der Waals surface area contributed by atoms with Crippen LogP contribution >= 0.6 is 15.9 Å². The lowest BCUT2D eigenvalue weighted by atomic mass is 10.4. The molecule has 0 unspecified atom stereocenters. The van der Waals surface area contributed by atoms with Crippen LogP contribution < -0.4 is 5.32 Å². The maximum Gasteiger partial charge on any atom is 0.230 e. The van der Waals surface area contributed by atoms with Crippen LogP contribution in [0.1, 0.15) is 20.3 Å². The van der Waals surface area contributed by atoms with Gasteiger partial charge in [-0.3, -0.25) is 4.79 Å². The number of nitrogens with one attached hydrogen (secondary N) is 1. The van der Waals surface area contributed by atoms with Crippen molar-refractivity contribution in [2.24, 2.45) is 0 Å². The minimum Gasteiger partial charge on any atom is -0.354 e. The molecule has 4 heteroatoms. The number of likely N-dealkylation sites (N-methyl/N-ethyl adjacent to an activating group) is 1. The van der Waals surface area contributed by atoms with Crippen molar-refractivity contribution in [3.63, 3.8) is 0 Å². The van der Waals surface area contributed by atoms with Gasteiger partial charge < -0.3 is 10.2 Å². The minimum atomic E-state index is 0.0625. The Balaban J connectivity index is 3.42. The third kappa shape index (κ3) is 7.02. The Morgan fingerprint density at radius 3 is 2.54 bits per heavy atom. The highest BCUT2D eigenvalue weighted by molar-refractivity contribution is 9.09. The Morgan fingerprint density at radius 2 is 2.08 bits per heavy atom. The first-order chi connectivity index (χ1) is 6.24. The predicted octanol–water partition coefficient (Wildman–Crippen LogP) is 1.23. The Hall–Kier alpha value is -0.0900. The van der Waals surface area contributed by atoms with Gasteiger partial charge >= 0.3 is 0 Å². The largest absolute Gasteiger partial charge is 0.354 e. The molecule has 0 radical (unpaired) electrons. The maximum atomic E-state index is 10.9. The van der Waals surface area contributed by atoms with Gasteiger partial charge in [-0.2, -0.15) is 0 Å². The number of amides is 1. The molecule has 1 amide bonds. The van der Waals surface area contributed by atoms with Crippen LogP contribution in [0, 0.1) is 0 Å². The summed E-state index contributed by atoms with van der Waals surface area (Å²) < 4.78 is 0.